The maximum absolute atomic E-state index is 12.1. The van der Waals surface area contributed by atoms with Gasteiger partial charge in [-0.15, -0.1) is 0 Å². The lowest BCUT2D eigenvalue weighted by Crippen LogP contribution is -2.45. The molecule has 2 heterocycles. The Kier molecular flexibility index (Phi) is 3.37. The Bertz CT molecular complexity index is 593. The van der Waals surface area contributed by atoms with Crippen LogP contribution in [-0.4, -0.2) is 35.0 Å². The van der Waals surface area contributed by atoms with Crippen molar-refractivity contribution in [1.82, 2.24) is 20.6 Å². The normalized spacial score (nSPS) is 19.3. The first-order valence-electron chi connectivity index (χ1n) is 6.56. The molecule has 0 radical (unpaired) electrons. The van der Waals surface area contributed by atoms with Crippen LogP contribution in [0.25, 0.3) is 11.0 Å². The predicted octanol–water partition coefficient (Wildman–Crippen LogP) is 1.11. The highest BCUT2D eigenvalue weighted by Crippen LogP contribution is 2.09. The van der Waals surface area contributed by atoms with Gasteiger partial charge in [0, 0.05) is 12.6 Å². The molecule has 98 valence electrons. The Morgan fingerprint density at radius 1 is 1.32 bits per heavy atom. The minimum atomic E-state index is -0.146. The number of para-hydroxylation sites is 2. The predicted molar refractivity (Wildman–Crippen MR) is 72.9 cm³/mol. The van der Waals surface area contributed by atoms with Crippen molar-refractivity contribution in [3.8, 4) is 0 Å². The fourth-order valence-electron chi connectivity index (χ4n) is 2.30. The number of benzene rings is 1. The molecule has 1 fully saturated rings. The second-order valence-electron chi connectivity index (χ2n) is 4.76. The maximum Gasteiger partial charge on any atom is 0.271 e. The van der Waals surface area contributed by atoms with E-state index in [0.29, 0.717) is 5.69 Å². The molecule has 0 aliphatic carbocycles. The zero-order valence-corrected chi connectivity index (χ0v) is 10.6. The van der Waals surface area contributed by atoms with Crippen molar-refractivity contribution >= 4 is 16.9 Å². The molecule has 1 aromatic carbocycles. The second-order valence-corrected chi connectivity index (χ2v) is 4.76. The van der Waals surface area contributed by atoms with Crippen LogP contribution in [0.4, 0.5) is 0 Å². The lowest BCUT2D eigenvalue weighted by molar-refractivity contribution is 0.0925. The Labute approximate surface area is 111 Å². The molecule has 5 nitrogen and oxygen atoms in total. The van der Waals surface area contributed by atoms with Gasteiger partial charge in [0.15, 0.2) is 0 Å². The summed E-state index contributed by atoms with van der Waals surface area (Å²) >= 11 is 0. The van der Waals surface area contributed by atoms with Crippen LogP contribution in [-0.2, 0) is 0 Å². The van der Waals surface area contributed by atoms with E-state index in [-0.39, 0.29) is 11.9 Å². The highest BCUT2D eigenvalue weighted by Gasteiger charge is 2.17. The molecule has 1 aliphatic heterocycles. The molecule has 5 heteroatoms. The lowest BCUT2D eigenvalue weighted by atomic mass is 10.1. The highest BCUT2D eigenvalue weighted by molar-refractivity contribution is 5.93. The summed E-state index contributed by atoms with van der Waals surface area (Å²) in [4.78, 5) is 20.7. The molecule has 2 aromatic rings. The van der Waals surface area contributed by atoms with Crippen molar-refractivity contribution in [2.75, 3.05) is 13.1 Å². The number of piperidine rings is 1. The third-order valence-corrected chi connectivity index (χ3v) is 3.31. The van der Waals surface area contributed by atoms with E-state index in [4.69, 9.17) is 0 Å². The molecule has 3 rings (SSSR count). The number of amides is 1. The number of aromatic nitrogens is 2. The maximum atomic E-state index is 12.1. The summed E-state index contributed by atoms with van der Waals surface area (Å²) in [5.74, 6) is -0.146. The van der Waals surface area contributed by atoms with E-state index >= 15 is 0 Å². The monoisotopic (exact) mass is 256 g/mol. The molecule has 1 atom stereocenters. The van der Waals surface area contributed by atoms with E-state index in [2.05, 4.69) is 20.6 Å². The zero-order chi connectivity index (χ0) is 13.1. The number of carbonyl (C=O) groups is 1. The van der Waals surface area contributed by atoms with Crippen LogP contribution in [0.2, 0.25) is 0 Å². The van der Waals surface area contributed by atoms with Crippen LogP contribution >= 0.6 is 0 Å². The SMILES string of the molecule is O=C(N[C@@H]1CCCNC1)c1cnc2ccccc2n1. The molecule has 0 spiro atoms. The van der Waals surface area contributed by atoms with Crippen molar-refractivity contribution in [2.24, 2.45) is 0 Å². The number of fused-ring (bicyclic) bond motifs is 1. The van der Waals surface area contributed by atoms with Crippen LogP contribution in [0.15, 0.2) is 30.5 Å². The summed E-state index contributed by atoms with van der Waals surface area (Å²) < 4.78 is 0. The molecule has 0 saturated carbocycles. The van der Waals surface area contributed by atoms with Gasteiger partial charge in [0.25, 0.3) is 5.91 Å². The number of hydrogen-bond acceptors (Lipinski definition) is 4. The molecule has 1 saturated heterocycles. The van der Waals surface area contributed by atoms with Crippen LogP contribution in [0.1, 0.15) is 23.3 Å². The summed E-state index contributed by atoms with van der Waals surface area (Å²) in [6.07, 6.45) is 3.64. The highest BCUT2D eigenvalue weighted by atomic mass is 16.1. The summed E-state index contributed by atoms with van der Waals surface area (Å²) in [5, 5.41) is 6.27. The van der Waals surface area contributed by atoms with Crippen molar-refractivity contribution < 1.29 is 4.79 Å². The first kappa shape index (κ1) is 12.0. The smallest absolute Gasteiger partial charge is 0.271 e. The van der Waals surface area contributed by atoms with Gasteiger partial charge in [-0.05, 0) is 31.5 Å². The average Bonchev–Trinajstić information content (AvgIpc) is 2.48. The summed E-state index contributed by atoms with van der Waals surface area (Å²) in [7, 11) is 0. The summed E-state index contributed by atoms with van der Waals surface area (Å²) in [6.45, 7) is 1.86. The largest absolute Gasteiger partial charge is 0.347 e. The Morgan fingerprint density at radius 2 is 2.16 bits per heavy atom. The molecular weight excluding hydrogens is 240 g/mol. The lowest BCUT2D eigenvalue weighted by Gasteiger charge is -2.23. The van der Waals surface area contributed by atoms with Crippen molar-refractivity contribution in [2.45, 2.75) is 18.9 Å². The summed E-state index contributed by atoms with van der Waals surface area (Å²) in [5.41, 5.74) is 1.93. The zero-order valence-electron chi connectivity index (χ0n) is 10.6. The minimum Gasteiger partial charge on any atom is -0.347 e. The van der Waals surface area contributed by atoms with E-state index in [0.717, 1.165) is 37.0 Å². The van der Waals surface area contributed by atoms with E-state index in [1.165, 1.54) is 6.20 Å². The van der Waals surface area contributed by atoms with Gasteiger partial charge in [0.2, 0.25) is 0 Å². The third-order valence-electron chi connectivity index (χ3n) is 3.31. The average molecular weight is 256 g/mol. The first-order chi connectivity index (χ1) is 9.33. The Morgan fingerprint density at radius 3 is 2.95 bits per heavy atom. The van der Waals surface area contributed by atoms with Crippen LogP contribution < -0.4 is 10.6 Å². The van der Waals surface area contributed by atoms with E-state index in [1.54, 1.807) is 0 Å². The van der Waals surface area contributed by atoms with E-state index < -0.39 is 0 Å². The van der Waals surface area contributed by atoms with Gasteiger partial charge in [-0.25, -0.2) is 4.98 Å². The molecule has 2 N–H and O–H groups in total. The number of nitrogens with zero attached hydrogens (tertiary/aromatic N) is 2. The Hall–Kier alpha value is -2.01. The van der Waals surface area contributed by atoms with E-state index in [9.17, 15) is 4.79 Å². The minimum absolute atomic E-state index is 0.146. The topological polar surface area (TPSA) is 66.9 Å². The third kappa shape index (κ3) is 2.71. The summed E-state index contributed by atoms with van der Waals surface area (Å²) in [6, 6.07) is 7.74. The van der Waals surface area contributed by atoms with Gasteiger partial charge in [-0.1, -0.05) is 12.1 Å². The number of hydrogen-bond donors (Lipinski definition) is 2. The van der Waals surface area contributed by atoms with Gasteiger partial charge in [-0.3, -0.25) is 9.78 Å². The molecule has 19 heavy (non-hydrogen) atoms. The standard InChI is InChI=1S/C14H16N4O/c19-14(17-10-4-3-7-15-8-10)13-9-16-11-5-1-2-6-12(11)18-13/h1-2,5-6,9-10,15H,3-4,7-8H2,(H,17,19)/t10-/m1/s1. The second kappa shape index (κ2) is 5.32. The molecule has 0 unspecified atom stereocenters. The van der Waals surface area contributed by atoms with Crippen LogP contribution in [0, 0.1) is 0 Å². The molecule has 0 bridgehead atoms. The van der Waals surface area contributed by atoms with Gasteiger partial charge in [-0.2, -0.15) is 0 Å². The molecule has 1 aliphatic rings. The van der Waals surface area contributed by atoms with Crippen molar-refractivity contribution in [1.29, 1.82) is 0 Å². The molecule has 1 aromatic heterocycles. The van der Waals surface area contributed by atoms with Gasteiger partial charge in [0.1, 0.15) is 5.69 Å². The first-order valence-corrected chi connectivity index (χ1v) is 6.56. The number of nitrogens with one attached hydrogen (secondary N) is 2. The van der Waals surface area contributed by atoms with Crippen molar-refractivity contribution in [3.63, 3.8) is 0 Å². The van der Waals surface area contributed by atoms with Gasteiger partial charge >= 0.3 is 0 Å². The van der Waals surface area contributed by atoms with Crippen LogP contribution in [0.5, 0.6) is 0 Å². The Balaban J connectivity index is 1.77. The van der Waals surface area contributed by atoms with Crippen molar-refractivity contribution in [3.05, 3.63) is 36.2 Å². The van der Waals surface area contributed by atoms with Crippen LogP contribution in [0.3, 0.4) is 0 Å². The molecular formula is C14H16N4O. The number of rotatable bonds is 2. The number of carbonyl (C=O) groups excluding carboxylic acids is 1. The van der Waals surface area contributed by atoms with Gasteiger partial charge < -0.3 is 10.6 Å². The fraction of sp³-hybridized carbons (Fsp3) is 0.357. The molecule has 1 amide bonds. The van der Waals surface area contributed by atoms with E-state index in [1.807, 2.05) is 24.3 Å². The fourth-order valence-corrected chi connectivity index (χ4v) is 2.30. The quantitative estimate of drug-likeness (QED) is 0.844. The van der Waals surface area contributed by atoms with Gasteiger partial charge in [0.05, 0.1) is 17.2 Å².